The maximum Gasteiger partial charge on any atom is 0.349 e. The Kier molecular flexibility index (Phi) is 4.86. The van der Waals surface area contributed by atoms with E-state index in [1.54, 1.807) is 30.3 Å². The van der Waals surface area contributed by atoms with Crippen molar-refractivity contribution in [1.29, 1.82) is 0 Å². The molecule has 0 aliphatic carbocycles. The van der Waals surface area contributed by atoms with E-state index >= 15 is 0 Å². The number of anilines is 2. The number of nitrogens with one attached hydrogen (secondary N) is 1. The number of rotatable bonds is 3. The van der Waals surface area contributed by atoms with Crippen LogP contribution in [-0.2, 0) is 0 Å². The zero-order valence-electron chi connectivity index (χ0n) is 14.7. The summed E-state index contributed by atoms with van der Waals surface area (Å²) in [6.45, 7) is 1.87. The average Bonchev–Trinajstić information content (AvgIpc) is 2.68. The number of piperidine rings is 1. The number of carbonyl (C=O) groups is 1. The molecule has 0 radical (unpaired) electrons. The fourth-order valence-corrected chi connectivity index (χ4v) is 3.60. The summed E-state index contributed by atoms with van der Waals surface area (Å²) in [6, 6.07) is 14.1. The van der Waals surface area contributed by atoms with Crippen LogP contribution in [0.4, 0.5) is 11.4 Å². The molecule has 3 aromatic rings. The normalized spacial score (nSPS) is 14.3. The Balaban J connectivity index is 1.68. The molecule has 0 unspecified atom stereocenters. The van der Waals surface area contributed by atoms with Gasteiger partial charge in [-0.15, -0.1) is 0 Å². The maximum absolute atomic E-state index is 12.8. The summed E-state index contributed by atoms with van der Waals surface area (Å²) in [5.74, 6) is -0.505. The molecular weight excluding hydrogens is 364 g/mol. The highest BCUT2D eigenvalue weighted by atomic mass is 35.5. The third-order valence-electron chi connectivity index (χ3n) is 4.79. The standard InChI is InChI=1S/C21H19ClN2O3/c22-15-8-9-18(24-10-4-1-5-11-24)17(13-15)23-20(25)16-12-14-6-2-3-7-19(14)27-21(16)26/h2-3,6-9,12-13H,1,4-5,10-11H2,(H,23,25). The van der Waals surface area contributed by atoms with Crippen molar-refractivity contribution in [1.82, 2.24) is 0 Å². The lowest BCUT2D eigenvalue weighted by Crippen LogP contribution is -2.30. The molecule has 1 saturated heterocycles. The molecule has 138 valence electrons. The van der Waals surface area contributed by atoms with Crippen molar-refractivity contribution in [2.24, 2.45) is 0 Å². The van der Waals surface area contributed by atoms with Crippen LogP contribution in [0, 0.1) is 0 Å². The summed E-state index contributed by atoms with van der Waals surface area (Å²) in [5, 5.41) is 4.07. The summed E-state index contributed by atoms with van der Waals surface area (Å²) in [4.78, 5) is 27.3. The first-order chi connectivity index (χ1) is 13.1. The zero-order valence-corrected chi connectivity index (χ0v) is 15.5. The zero-order chi connectivity index (χ0) is 18.8. The SMILES string of the molecule is O=C(Nc1cc(Cl)ccc1N1CCCCC1)c1cc2ccccc2oc1=O. The van der Waals surface area contributed by atoms with E-state index in [4.69, 9.17) is 16.0 Å². The minimum atomic E-state index is -0.659. The molecule has 1 aliphatic rings. The van der Waals surface area contributed by atoms with Crippen LogP contribution in [0.25, 0.3) is 11.0 Å². The Morgan fingerprint density at radius 1 is 1.04 bits per heavy atom. The molecule has 1 aliphatic heterocycles. The van der Waals surface area contributed by atoms with E-state index in [0.717, 1.165) is 31.6 Å². The van der Waals surface area contributed by atoms with Gasteiger partial charge in [0.05, 0.1) is 11.4 Å². The minimum Gasteiger partial charge on any atom is -0.422 e. The molecular formula is C21H19ClN2O3. The lowest BCUT2D eigenvalue weighted by molar-refractivity contribution is 0.102. The van der Waals surface area contributed by atoms with Crippen LogP contribution in [-0.4, -0.2) is 19.0 Å². The molecule has 1 aromatic heterocycles. The van der Waals surface area contributed by atoms with Crippen molar-refractivity contribution in [3.8, 4) is 0 Å². The Bertz CT molecular complexity index is 1050. The number of amides is 1. The van der Waals surface area contributed by atoms with Crippen molar-refractivity contribution in [2.45, 2.75) is 19.3 Å². The second kappa shape index (κ2) is 7.45. The fourth-order valence-electron chi connectivity index (χ4n) is 3.43. The van der Waals surface area contributed by atoms with Gasteiger partial charge in [-0.2, -0.15) is 0 Å². The third-order valence-corrected chi connectivity index (χ3v) is 5.02. The molecule has 2 heterocycles. The van der Waals surface area contributed by atoms with Gasteiger partial charge in [-0.3, -0.25) is 4.79 Å². The van der Waals surface area contributed by atoms with Gasteiger partial charge in [-0.05, 0) is 49.6 Å². The van der Waals surface area contributed by atoms with Crippen LogP contribution in [0.2, 0.25) is 5.02 Å². The molecule has 0 atom stereocenters. The van der Waals surface area contributed by atoms with Crippen LogP contribution < -0.4 is 15.8 Å². The van der Waals surface area contributed by atoms with E-state index in [9.17, 15) is 9.59 Å². The quantitative estimate of drug-likeness (QED) is 0.667. The van der Waals surface area contributed by atoms with Crippen molar-refractivity contribution < 1.29 is 9.21 Å². The van der Waals surface area contributed by atoms with Gasteiger partial charge >= 0.3 is 5.63 Å². The lowest BCUT2D eigenvalue weighted by Gasteiger charge is -2.30. The predicted octanol–water partition coefficient (Wildman–Crippen LogP) is 4.69. The van der Waals surface area contributed by atoms with Gasteiger partial charge in [0, 0.05) is 23.5 Å². The number of hydrogen-bond acceptors (Lipinski definition) is 4. The Hall–Kier alpha value is -2.79. The molecule has 27 heavy (non-hydrogen) atoms. The van der Waals surface area contributed by atoms with Gasteiger partial charge in [-0.1, -0.05) is 29.8 Å². The Morgan fingerprint density at radius 2 is 1.81 bits per heavy atom. The molecule has 1 N–H and O–H groups in total. The molecule has 0 saturated carbocycles. The third kappa shape index (κ3) is 3.69. The molecule has 4 rings (SSSR count). The number of nitrogens with zero attached hydrogens (tertiary/aromatic N) is 1. The van der Waals surface area contributed by atoms with E-state index in [2.05, 4.69) is 10.2 Å². The molecule has 1 amide bonds. The lowest BCUT2D eigenvalue weighted by atomic mass is 10.1. The van der Waals surface area contributed by atoms with E-state index in [1.165, 1.54) is 6.42 Å². The molecule has 0 bridgehead atoms. The van der Waals surface area contributed by atoms with Crippen LogP contribution in [0.3, 0.4) is 0 Å². The van der Waals surface area contributed by atoms with Crippen LogP contribution in [0.15, 0.2) is 57.7 Å². The van der Waals surface area contributed by atoms with E-state index in [0.29, 0.717) is 21.7 Å². The van der Waals surface area contributed by atoms with Crippen LogP contribution in [0.5, 0.6) is 0 Å². The number of fused-ring (bicyclic) bond motifs is 1. The van der Waals surface area contributed by atoms with Gasteiger partial charge in [-0.25, -0.2) is 4.79 Å². The van der Waals surface area contributed by atoms with Crippen LogP contribution >= 0.6 is 11.6 Å². The second-order valence-electron chi connectivity index (χ2n) is 6.65. The molecule has 6 heteroatoms. The van der Waals surface area contributed by atoms with Gasteiger partial charge in [0.25, 0.3) is 5.91 Å². The second-order valence-corrected chi connectivity index (χ2v) is 7.09. The van der Waals surface area contributed by atoms with E-state index in [-0.39, 0.29) is 5.56 Å². The number of para-hydroxylation sites is 1. The first-order valence-electron chi connectivity index (χ1n) is 9.00. The van der Waals surface area contributed by atoms with Crippen LogP contribution in [0.1, 0.15) is 29.6 Å². The highest BCUT2D eigenvalue weighted by Gasteiger charge is 2.19. The van der Waals surface area contributed by atoms with Gasteiger partial charge in [0.2, 0.25) is 0 Å². The highest BCUT2D eigenvalue weighted by Crippen LogP contribution is 2.31. The number of carbonyl (C=O) groups excluding carboxylic acids is 1. The highest BCUT2D eigenvalue weighted by molar-refractivity contribution is 6.31. The summed E-state index contributed by atoms with van der Waals surface area (Å²) < 4.78 is 5.27. The molecule has 5 nitrogen and oxygen atoms in total. The molecule has 0 spiro atoms. The topological polar surface area (TPSA) is 62.6 Å². The molecule has 2 aromatic carbocycles. The van der Waals surface area contributed by atoms with Crippen molar-refractivity contribution in [3.63, 3.8) is 0 Å². The first kappa shape index (κ1) is 17.6. The van der Waals surface area contributed by atoms with E-state index < -0.39 is 11.5 Å². The summed E-state index contributed by atoms with van der Waals surface area (Å²) in [7, 11) is 0. The molecule has 1 fully saturated rings. The number of benzene rings is 2. The largest absolute Gasteiger partial charge is 0.422 e. The predicted molar refractivity (Wildman–Crippen MR) is 108 cm³/mol. The number of hydrogen-bond donors (Lipinski definition) is 1. The summed E-state index contributed by atoms with van der Waals surface area (Å²) in [5.41, 5.74) is 1.28. The average molecular weight is 383 g/mol. The maximum atomic E-state index is 12.8. The van der Waals surface area contributed by atoms with Gasteiger partial charge in [0.1, 0.15) is 11.1 Å². The van der Waals surface area contributed by atoms with Crippen molar-refractivity contribution in [2.75, 3.05) is 23.3 Å². The monoisotopic (exact) mass is 382 g/mol. The summed E-state index contributed by atoms with van der Waals surface area (Å²) in [6.07, 6.45) is 3.44. The Morgan fingerprint density at radius 3 is 2.63 bits per heavy atom. The van der Waals surface area contributed by atoms with Gasteiger partial charge in [0.15, 0.2) is 0 Å². The van der Waals surface area contributed by atoms with Crippen molar-refractivity contribution in [3.05, 3.63) is 69.5 Å². The fraction of sp³-hybridized carbons (Fsp3) is 0.238. The Labute approximate surface area is 161 Å². The van der Waals surface area contributed by atoms with Crippen molar-refractivity contribution >= 4 is 39.9 Å². The minimum absolute atomic E-state index is 0.0294. The summed E-state index contributed by atoms with van der Waals surface area (Å²) >= 11 is 6.14. The smallest absolute Gasteiger partial charge is 0.349 e. The van der Waals surface area contributed by atoms with E-state index in [1.807, 2.05) is 18.2 Å². The first-order valence-corrected chi connectivity index (χ1v) is 9.38. The number of halogens is 1. The van der Waals surface area contributed by atoms with Gasteiger partial charge < -0.3 is 14.6 Å².